The molecule has 0 aromatic heterocycles. The van der Waals surface area contributed by atoms with Crippen LogP contribution in [0.5, 0.6) is 5.75 Å². The Morgan fingerprint density at radius 1 is 1.05 bits per heavy atom. The Morgan fingerprint density at radius 2 is 1.72 bits per heavy atom. The van der Waals surface area contributed by atoms with Gasteiger partial charge in [-0.25, -0.2) is 12.8 Å². The highest BCUT2D eigenvalue weighted by molar-refractivity contribution is 7.92. The Balaban J connectivity index is 1.66. The Bertz CT molecular complexity index is 1420. The molecule has 7 nitrogen and oxygen atoms in total. The lowest BCUT2D eigenvalue weighted by Crippen LogP contribution is -2.38. The first-order valence-corrected chi connectivity index (χ1v) is 14.6. The molecule has 0 unspecified atom stereocenters. The molecule has 1 saturated heterocycles. The minimum Gasteiger partial charge on any atom is -0.495 e. The van der Waals surface area contributed by atoms with Crippen LogP contribution in [0.15, 0.2) is 65.6 Å². The van der Waals surface area contributed by atoms with Gasteiger partial charge in [-0.3, -0.25) is 9.52 Å². The number of nitrogens with one attached hydrogen (secondary N) is 1. The summed E-state index contributed by atoms with van der Waals surface area (Å²) in [7, 11) is 1.56. The topological polar surface area (TPSA) is 79.0 Å². The van der Waals surface area contributed by atoms with Gasteiger partial charge in [0.1, 0.15) is 11.6 Å². The maximum Gasteiger partial charge on any atom is 0.262 e. The van der Waals surface area contributed by atoms with E-state index < -0.39 is 10.0 Å². The fourth-order valence-corrected chi connectivity index (χ4v) is 6.65. The van der Waals surface area contributed by atoms with Gasteiger partial charge in [0.2, 0.25) is 0 Å². The van der Waals surface area contributed by atoms with Crippen LogP contribution >= 0.6 is 0 Å². The highest BCUT2D eigenvalue weighted by atomic mass is 32.2. The Morgan fingerprint density at radius 3 is 2.33 bits per heavy atom. The van der Waals surface area contributed by atoms with Crippen molar-refractivity contribution in [3.8, 4) is 5.75 Å². The number of para-hydroxylation sites is 2. The minimum atomic E-state index is -3.91. The number of ketones is 1. The lowest BCUT2D eigenvalue weighted by molar-refractivity contribution is 0.0900. The number of Topliss-reactive ketones (excluding diaryl/α,β-unsaturated/α-hetero) is 1. The first-order chi connectivity index (χ1) is 18.6. The number of hydrogen-bond acceptors (Lipinski definition) is 6. The number of halogens is 1. The van der Waals surface area contributed by atoms with Crippen LogP contribution in [0.3, 0.4) is 0 Å². The number of anilines is 2. The van der Waals surface area contributed by atoms with Gasteiger partial charge in [-0.05, 0) is 86.9 Å². The van der Waals surface area contributed by atoms with Crippen LogP contribution in [0.1, 0.15) is 41.3 Å². The molecule has 1 aliphatic heterocycles. The molecule has 1 N–H and O–H groups in total. The van der Waals surface area contributed by atoms with Gasteiger partial charge in [0, 0.05) is 36.8 Å². The summed E-state index contributed by atoms with van der Waals surface area (Å²) < 4.78 is 48.7. The van der Waals surface area contributed by atoms with Gasteiger partial charge >= 0.3 is 0 Å². The molecule has 0 bridgehead atoms. The second kappa shape index (κ2) is 12.2. The Labute approximate surface area is 230 Å². The van der Waals surface area contributed by atoms with Crippen molar-refractivity contribution in [2.75, 3.05) is 43.9 Å². The quantitative estimate of drug-likeness (QED) is 0.341. The number of ether oxygens (including phenoxy) is 1. The van der Waals surface area contributed by atoms with Crippen LogP contribution in [0.25, 0.3) is 0 Å². The van der Waals surface area contributed by atoms with Crippen molar-refractivity contribution in [2.45, 2.75) is 37.6 Å². The van der Waals surface area contributed by atoms with Gasteiger partial charge in [-0.1, -0.05) is 25.1 Å². The summed E-state index contributed by atoms with van der Waals surface area (Å²) in [6.45, 7) is 3.85. The minimum absolute atomic E-state index is 0.0243. The standard InChI is InChI=1S/C30H36FN3O4S/c1-5-25-28(39(36,37)32-26-8-6-7-9-27(26)38-4)15-12-23(20-33(2)3)29(25)34-18-16-22(17-19-34)30(35)21-10-13-24(31)14-11-21/h6-15,22,32H,5,16-20H2,1-4H3. The first kappa shape index (κ1) is 28.6. The average Bonchev–Trinajstić information content (AvgIpc) is 2.92. The van der Waals surface area contributed by atoms with Crippen LogP contribution in [0.4, 0.5) is 15.8 Å². The third-order valence-corrected chi connectivity index (χ3v) is 8.57. The van der Waals surface area contributed by atoms with Crippen molar-refractivity contribution in [3.05, 3.63) is 83.2 Å². The molecule has 3 aromatic carbocycles. The van der Waals surface area contributed by atoms with Crippen molar-refractivity contribution in [1.29, 1.82) is 0 Å². The summed E-state index contributed by atoms with van der Waals surface area (Å²) in [5, 5.41) is 0. The number of carbonyl (C=O) groups is 1. The van der Waals surface area contributed by atoms with Gasteiger partial charge in [0.05, 0.1) is 17.7 Å². The van der Waals surface area contributed by atoms with Crippen LogP contribution in [-0.2, 0) is 23.0 Å². The smallest absolute Gasteiger partial charge is 0.262 e. The summed E-state index contributed by atoms with van der Waals surface area (Å²) in [4.78, 5) is 17.6. The SMILES string of the molecule is CCc1c(S(=O)(=O)Nc2ccccc2OC)ccc(CN(C)C)c1N1CCC(C(=O)c2ccc(F)cc2)CC1. The van der Waals surface area contributed by atoms with E-state index in [4.69, 9.17) is 4.74 Å². The molecular formula is C30H36FN3O4S. The molecule has 1 fully saturated rings. The molecule has 1 aliphatic rings. The molecule has 0 aliphatic carbocycles. The highest BCUT2D eigenvalue weighted by Crippen LogP contribution is 2.37. The monoisotopic (exact) mass is 553 g/mol. The van der Waals surface area contributed by atoms with Crippen LogP contribution in [0.2, 0.25) is 0 Å². The van der Waals surface area contributed by atoms with Crippen molar-refractivity contribution in [1.82, 2.24) is 4.90 Å². The third-order valence-electron chi connectivity index (χ3n) is 7.11. The first-order valence-electron chi connectivity index (χ1n) is 13.1. The van der Waals surface area contributed by atoms with E-state index in [0.717, 1.165) is 16.8 Å². The maximum absolute atomic E-state index is 13.7. The second-order valence-corrected chi connectivity index (χ2v) is 11.7. The number of sulfonamides is 1. The van der Waals surface area contributed by atoms with E-state index in [-0.39, 0.29) is 22.4 Å². The Hall–Kier alpha value is -3.43. The van der Waals surface area contributed by atoms with Crippen LogP contribution in [-0.4, -0.2) is 53.4 Å². The molecule has 0 spiro atoms. The normalized spacial score (nSPS) is 14.5. The van der Waals surface area contributed by atoms with Gasteiger partial charge < -0.3 is 14.5 Å². The van der Waals surface area contributed by atoms with E-state index in [1.165, 1.54) is 31.4 Å². The molecule has 3 aromatic rings. The van der Waals surface area contributed by atoms with E-state index in [9.17, 15) is 17.6 Å². The number of benzene rings is 3. The summed E-state index contributed by atoms with van der Waals surface area (Å²) in [6, 6.07) is 16.2. The fraction of sp³-hybridized carbons (Fsp3) is 0.367. The third kappa shape index (κ3) is 6.42. The zero-order valence-electron chi connectivity index (χ0n) is 22.9. The zero-order valence-corrected chi connectivity index (χ0v) is 23.7. The highest BCUT2D eigenvalue weighted by Gasteiger charge is 2.30. The molecule has 39 heavy (non-hydrogen) atoms. The number of nitrogens with zero attached hydrogens (tertiary/aromatic N) is 2. The van der Waals surface area contributed by atoms with Crippen molar-refractivity contribution >= 4 is 27.2 Å². The predicted octanol–water partition coefficient (Wildman–Crippen LogP) is 5.36. The van der Waals surface area contributed by atoms with Crippen LogP contribution in [0, 0.1) is 11.7 Å². The molecule has 0 amide bonds. The van der Waals surface area contributed by atoms with Gasteiger partial charge in [-0.15, -0.1) is 0 Å². The molecule has 4 rings (SSSR count). The van der Waals surface area contributed by atoms with E-state index in [2.05, 4.69) is 14.5 Å². The number of methoxy groups -OCH3 is 1. The van der Waals surface area contributed by atoms with E-state index in [1.54, 1.807) is 30.3 Å². The van der Waals surface area contributed by atoms with Crippen LogP contribution < -0.4 is 14.4 Å². The summed E-state index contributed by atoms with van der Waals surface area (Å²) in [5.41, 5.74) is 3.60. The number of hydrogen-bond donors (Lipinski definition) is 1. The number of rotatable bonds is 10. The lowest BCUT2D eigenvalue weighted by atomic mass is 9.88. The van der Waals surface area contributed by atoms with Crippen molar-refractivity contribution in [3.63, 3.8) is 0 Å². The summed E-state index contributed by atoms with van der Waals surface area (Å²) >= 11 is 0. The molecular weight excluding hydrogens is 517 g/mol. The molecule has 0 saturated carbocycles. The number of carbonyl (C=O) groups excluding carboxylic acids is 1. The Kier molecular flexibility index (Phi) is 8.92. The molecule has 0 radical (unpaired) electrons. The van der Waals surface area contributed by atoms with E-state index in [0.29, 0.717) is 55.9 Å². The van der Waals surface area contributed by atoms with Gasteiger partial charge in [0.15, 0.2) is 5.78 Å². The summed E-state index contributed by atoms with van der Waals surface area (Å²) in [6.07, 6.45) is 1.79. The second-order valence-electron chi connectivity index (χ2n) is 10.1. The molecule has 208 valence electrons. The molecule has 9 heteroatoms. The fourth-order valence-electron chi connectivity index (χ4n) is 5.27. The average molecular weight is 554 g/mol. The summed E-state index contributed by atoms with van der Waals surface area (Å²) in [5.74, 6) is -0.0576. The zero-order chi connectivity index (χ0) is 28.2. The van der Waals surface area contributed by atoms with Gasteiger partial charge in [0.25, 0.3) is 10.0 Å². The molecule has 0 atom stereocenters. The number of piperidine rings is 1. The largest absolute Gasteiger partial charge is 0.495 e. The van der Waals surface area contributed by atoms with Crippen molar-refractivity contribution in [2.24, 2.45) is 5.92 Å². The molecule has 1 heterocycles. The van der Waals surface area contributed by atoms with Crippen molar-refractivity contribution < 1.29 is 22.3 Å². The van der Waals surface area contributed by atoms with E-state index >= 15 is 0 Å². The maximum atomic E-state index is 13.7. The lowest BCUT2D eigenvalue weighted by Gasteiger charge is -2.36. The predicted molar refractivity (Wildman–Crippen MR) is 153 cm³/mol. The van der Waals surface area contributed by atoms with E-state index in [1.807, 2.05) is 27.1 Å². The van der Waals surface area contributed by atoms with Gasteiger partial charge in [-0.2, -0.15) is 0 Å².